The monoisotopic (exact) mass is 434 g/mol. The zero-order valence-corrected chi connectivity index (χ0v) is 18.4. The van der Waals surface area contributed by atoms with Gasteiger partial charge in [-0.2, -0.15) is 0 Å². The van der Waals surface area contributed by atoms with E-state index in [1.165, 1.54) is 0 Å². The van der Waals surface area contributed by atoms with Crippen LogP contribution in [0, 0.1) is 0 Å². The molecule has 3 rings (SSSR count). The molecule has 0 aliphatic heterocycles. The Morgan fingerprint density at radius 1 is 0.839 bits per heavy atom. The molecule has 3 aromatic rings. The third-order valence-electron chi connectivity index (χ3n) is 5.15. The Hall–Kier alpha value is -3.11. The number of carbonyl (C=O) groups excluding carboxylic acids is 2. The molecule has 3 aromatic carbocycles. The van der Waals surface area contributed by atoms with Gasteiger partial charge in [-0.25, -0.2) is 0 Å². The van der Waals surface area contributed by atoms with Crippen molar-refractivity contribution in [2.75, 3.05) is 0 Å². The molecule has 0 bridgehead atoms. The van der Waals surface area contributed by atoms with Gasteiger partial charge in [-0.05, 0) is 28.8 Å². The molecule has 2 amide bonds. The second-order valence-corrected chi connectivity index (χ2v) is 7.85. The molecule has 4 nitrogen and oxygen atoms in total. The van der Waals surface area contributed by atoms with E-state index in [1.807, 2.05) is 79.7 Å². The molecule has 0 aromatic heterocycles. The lowest BCUT2D eigenvalue weighted by molar-refractivity contribution is -0.141. The third-order valence-corrected chi connectivity index (χ3v) is 5.40. The van der Waals surface area contributed by atoms with Gasteiger partial charge in [0, 0.05) is 31.0 Å². The fraction of sp³-hybridized carbons (Fsp3) is 0.231. The molecule has 31 heavy (non-hydrogen) atoms. The number of hydrogen-bond donors (Lipinski definition) is 1. The van der Waals surface area contributed by atoms with Crippen LogP contribution < -0.4 is 5.32 Å². The van der Waals surface area contributed by atoms with Gasteiger partial charge in [-0.3, -0.25) is 9.59 Å². The smallest absolute Gasteiger partial charge is 0.243 e. The summed E-state index contributed by atoms with van der Waals surface area (Å²) in [5.41, 5.74) is 2.96. The number of amides is 2. The average molecular weight is 435 g/mol. The summed E-state index contributed by atoms with van der Waals surface area (Å²) in [6.45, 7) is 2.59. The minimum atomic E-state index is -0.609. The SMILES string of the molecule is CCC(=O)N(Cc1ccccc1)C(Cc1ccccc1)C(=O)NCc1ccc(Cl)cc1. The van der Waals surface area contributed by atoms with E-state index in [9.17, 15) is 9.59 Å². The van der Waals surface area contributed by atoms with Crippen LogP contribution in [0.1, 0.15) is 30.0 Å². The van der Waals surface area contributed by atoms with Crippen LogP contribution >= 0.6 is 11.6 Å². The molecule has 0 fully saturated rings. The first kappa shape index (κ1) is 22.6. The normalized spacial score (nSPS) is 11.5. The quantitative estimate of drug-likeness (QED) is 0.514. The predicted molar refractivity (Wildman–Crippen MR) is 125 cm³/mol. The Bertz CT molecular complexity index is 975. The van der Waals surface area contributed by atoms with E-state index in [0.29, 0.717) is 31.0 Å². The third kappa shape index (κ3) is 6.69. The van der Waals surface area contributed by atoms with E-state index in [0.717, 1.165) is 16.7 Å². The van der Waals surface area contributed by atoms with Crippen molar-refractivity contribution in [1.82, 2.24) is 10.2 Å². The largest absolute Gasteiger partial charge is 0.350 e. The number of benzene rings is 3. The second-order valence-electron chi connectivity index (χ2n) is 7.41. The lowest BCUT2D eigenvalue weighted by Crippen LogP contribution is -2.50. The lowest BCUT2D eigenvalue weighted by atomic mass is 10.0. The van der Waals surface area contributed by atoms with Crippen LogP contribution in [0.2, 0.25) is 5.02 Å². The molecule has 5 heteroatoms. The highest BCUT2D eigenvalue weighted by atomic mass is 35.5. The topological polar surface area (TPSA) is 49.4 Å². The molecule has 0 radical (unpaired) electrons. The summed E-state index contributed by atoms with van der Waals surface area (Å²) in [6.07, 6.45) is 0.786. The Morgan fingerprint density at radius 2 is 1.42 bits per heavy atom. The first-order valence-corrected chi connectivity index (χ1v) is 10.8. The van der Waals surface area contributed by atoms with Crippen LogP contribution in [0.5, 0.6) is 0 Å². The Morgan fingerprint density at radius 3 is 2.00 bits per heavy atom. The van der Waals surface area contributed by atoms with Gasteiger partial charge in [-0.1, -0.05) is 91.3 Å². The summed E-state index contributed by atoms with van der Waals surface area (Å²) in [6, 6.07) is 26.3. The van der Waals surface area contributed by atoms with Crippen molar-refractivity contribution in [1.29, 1.82) is 0 Å². The van der Waals surface area contributed by atoms with Gasteiger partial charge < -0.3 is 10.2 Å². The van der Waals surface area contributed by atoms with Gasteiger partial charge >= 0.3 is 0 Å². The highest BCUT2D eigenvalue weighted by molar-refractivity contribution is 6.30. The molecule has 0 saturated heterocycles. The number of carbonyl (C=O) groups is 2. The zero-order valence-electron chi connectivity index (χ0n) is 17.6. The molecule has 0 heterocycles. The first-order valence-electron chi connectivity index (χ1n) is 10.5. The van der Waals surface area contributed by atoms with E-state index >= 15 is 0 Å². The average Bonchev–Trinajstić information content (AvgIpc) is 2.81. The summed E-state index contributed by atoms with van der Waals surface area (Å²) in [7, 11) is 0. The van der Waals surface area contributed by atoms with Crippen molar-refractivity contribution in [2.45, 2.75) is 38.9 Å². The second kappa shape index (κ2) is 11.3. The number of nitrogens with zero attached hydrogens (tertiary/aromatic N) is 1. The van der Waals surface area contributed by atoms with Crippen LogP contribution in [-0.2, 0) is 29.1 Å². The summed E-state index contributed by atoms with van der Waals surface area (Å²) >= 11 is 5.95. The van der Waals surface area contributed by atoms with Crippen LogP contribution in [0.3, 0.4) is 0 Å². The maximum Gasteiger partial charge on any atom is 0.243 e. The van der Waals surface area contributed by atoms with E-state index in [1.54, 1.807) is 17.0 Å². The maximum absolute atomic E-state index is 13.3. The number of halogens is 1. The van der Waals surface area contributed by atoms with Crippen LogP contribution in [-0.4, -0.2) is 22.8 Å². The molecular formula is C26H27ClN2O2. The van der Waals surface area contributed by atoms with Gasteiger partial charge in [0.15, 0.2) is 0 Å². The highest BCUT2D eigenvalue weighted by Crippen LogP contribution is 2.16. The molecule has 0 spiro atoms. The van der Waals surface area contributed by atoms with Gasteiger partial charge in [0.25, 0.3) is 0 Å². The molecule has 0 saturated carbocycles. The van der Waals surface area contributed by atoms with Gasteiger partial charge in [0.05, 0.1) is 0 Å². The van der Waals surface area contributed by atoms with Gasteiger partial charge in [0.1, 0.15) is 6.04 Å². The summed E-state index contributed by atoms with van der Waals surface area (Å²) in [5, 5.41) is 3.66. The van der Waals surface area contributed by atoms with Crippen molar-refractivity contribution >= 4 is 23.4 Å². The van der Waals surface area contributed by atoms with Crippen LogP contribution in [0.25, 0.3) is 0 Å². The zero-order chi connectivity index (χ0) is 22.1. The molecule has 0 aliphatic carbocycles. The molecule has 160 valence electrons. The van der Waals surface area contributed by atoms with Crippen LogP contribution in [0.4, 0.5) is 0 Å². The van der Waals surface area contributed by atoms with Gasteiger partial charge in [-0.15, -0.1) is 0 Å². The summed E-state index contributed by atoms with van der Waals surface area (Å²) < 4.78 is 0. The van der Waals surface area contributed by atoms with Crippen molar-refractivity contribution < 1.29 is 9.59 Å². The number of hydrogen-bond acceptors (Lipinski definition) is 2. The molecular weight excluding hydrogens is 408 g/mol. The molecule has 1 unspecified atom stereocenters. The Kier molecular flexibility index (Phi) is 8.25. The number of rotatable bonds is 9. The van der Waals surface area contributed by atoms with Crippen molar-refractivity contribution in [3.63, 3.8) is 0 Å². The summed E-state index contributed by atoms with van der Waals surface area (Å²) in [4.78, 5) is 27.9. The van der Waals surface area contributed by atoms with Gasteiger partial charge in [0.2, 0.25) is 11.8 Å². The molecule has 1 N–H and O–H groups in total. The maximum atomic E-state index is 13.3. The molecule has 0 aliphatic rings. The van der Waals surface area contributed by atoms with E-state index in [2.05, 4.69) is 5.32 Å². The standard InChI is InChI=1S/C26H27ClN2O2/c1-2-25(30)29(19-22-11-7-4-8-12-22)24(17-20-9-5-3-6-10-20)26(31)28-18-21-13-15-23(27)16-14-21/h3-16,24H,2,17-19H2,1H3,(H,28,31). The predicted octanol–water partition coefficient (Wildman–Crippen LogP) is 5.01. The van der Waals surface area contributed by atoms with Crippen LogP contribution in [0.15, 0.2) is 84.9 Å². The number of nitrogens with one attached hydrogen (secondary N) is 1. The Balaban J connectivity index is 1.83. The molecule has 1 atom stereocenters. The van der Waals surface area contributed by atoms with Crippen molar-refractivity contribution in [3.8, 4) is 0 Å². The minimum absolute atomic E-state index is 0.0496. The fourth-order valence-electron chi connectivity index (χ4n) is 3.45. The lowest BCUT2D eigenvalue weighted by Gasteiger charge is -2.31. The van der Waals surface area contributed by atoms with Crippen molar-refractivity contribution in [3.05, 3.63) is 107 Å². The first-order chi connectivity index (χ1) is 15.1. The summed E-state index contributed by atoms with van der Waals surface area (Å²) in [5.74, 6) is -0.219. The minimum Gasteiger partial charge on any atom is -0.350 e. The van der Waals surface area contributed by atoms with E-state index in [-0.39, 0.29) is 11.8 Å². The van der Waals surface area contributed by atoms with E-state index in [4.69, 9.17) is 11.6 Å². The van der Waals surface area contributed by atoms with Crippen molar-refractivity contribution in [2.24, 2.45) is 0 Å². The Labute approximate surface area is 188 Å². The highest BCUT2D eigenvalue weighted by Gasteiger charge is 2.29. The fourth-order valence-corrected chi connectivity index (χ4v) is 3.57. The van der Waals surface area contributed by atoms with E-state index < -0.39 is 6.04 Å².